The maximum absolute atomic E-state index is 5.86. The Morgan fingerprint density at radius 1 is 1.58 bits per heavy atom. The van der Waals surface area contributed by atoms with E-state index >= 15 is 0 Å². The van der Waals surface area contributed by atoms with E-state index in [1.807, 2.05) is 0 Å². The molecule has 0 aliphatic carbocycles. The van der Waals surface area contributed by atoms with Gasteiger partial charge >= 0.3 is 0 Å². The van der Waals surface area contributed by atoms with Gasteiger partial charge in [-0.25, -0.2) is 0 Å². The average molecular weight is 184 g/mol. The van der Waals surface area contributed by atoms with E-state index < -0.39 is 0 Å². The molecule has 1 aliphatic rings. The Morgan fingerprint density at radius 2 is 2.33 bits per heavy atom. The predicted octanol–water partition coefficient (Wildman–Crippen LogP) is 1.60. The van der Waals surface area contributed by atoms with E-state index in [0.717, 1.165) is 13.0 Å². The van der Waals surface area contributed by atoms with Gasteiger partial charge in [-0.15, -0.1) is 0 Å². The minimum Gasteiger partial charge on any atom is -0.379 e. The molecule has 0 aromatic carbocycles. The van der Waals surface area contributed by atoms with Crippen LogP contribution in [0.3, 0.4) is 0 Å². The van der Waals surface area contributed by atoms with Crippen LogP contribution in [0.2, 0.25) is 0 Å². The Bertz CT molecular complexity index is 169. The summed E-state index contributed by atoms with van der Waals surface area (Å²) in [5.74, 6) is 0. The topological polar surface area (TPSA) is 9.23 Å². The van der Waals surface area contributed by atoms with E-state index in [1.165, 1.54) is 35.1 Å². The highest BCUT2D eigenvalue weighted by atomic mass is 28.1. The van der Waals surface area contributed by atoms with Gasteiger partial charge in [-0.3, -0.25) is 0 Å². The van der Waals surface area contributed by atoms with Gasteiger partial charge in [-0.2, -0.15) is 0 Å². The highest BCUT2D eigenvalue weighted by Gasteiger charge is 2.27. The molecule has 0 amide bonds. The van der Waals surface area contributed by atoms with E-state index in [-0.39, 0.29) is 5.22 Å². The molecule has 1 nitrogen and oxygen atoms in total. The summed E-state index contributed by atoms with van der Waals surface area (Å²) in [5, 5.41) is 0.273. The highest BCUT2D eigenvalue weighted by Crippen LogP contribution is 2.27. The number of hydrogen-bond acceptors (Lipinski definition) is 1. The van der Waals surface area contributed by atoms with Crippen LogP contribution in [0.4, 0.5) is 0 Å². The molecule has 1 fully saturated rings. The van der Waals surface area contributed by atoms with Crippen LogP contribution in [0.5, 0.6) is 0 Å². The maximum atomic E-state index is 5.86. The fourth-order valence-corrected chi connectivity index (χ4v) is 2.94. The molecule has 0 radical (unpaired) electrons. The Balaban J connectivity index is 2.46. The van der Waals surface area contributed by atoms with Gasteiger partial charge in [0, 0.05) is 16.8 Å². The van der Waals surface area contributed by atoms with Crippen molar-refractivity contribution in [2.24, 2.45) is 0 Å². The van der Waals surface area contributed by atoms with E-state index in [9.17, 15) is 0 Å². The lowest BCUT2D eigenvalue weighted by Crippen LogP contribution is -2.36. The first kappa shape index (κ1) is 10.0. The number of allylic oxidation sites excluding steroid dienone is 1. The molecule has 0 aromatic heterocycles. The summed E-state index contributed by atoms with van der Waals surface area (Å²) in [6.07, 6.45) is 7.27. The SMILES string of the molecule is CC=C(C)CC1([SiH3])CCCCO1. The van der Waals surface area contributed by atoms with Crippen LogP contribution in [-0.4, -0.2) is 22.1 Å². The molecule has 0 N–H and O–H groups in total. The quantitative estimate of drug-likeness (QED) is 0.468. The summed E-state index contributed by atoms with van der Waals surface area (Å²) >= 11 is 0. The number of ether oxygens (including phenoxy) is 1. The summed E-state index contributed by atoms with van der Waals surface area (Å²) in [7, 11) is 1.17. The second-order valence-electron chi connectivity index (χ2n) is 4.07. The van der Waals surface area contributed by atoms with E-state index in [1.54, 1.807) is 0 Å². The highest BCUT2D eigenvalue weighted by molar-refractivity contribution is 6.14. The molecule has 1 saturated heterocycles. The Kier molecular flexibility index (Phi) is 3.53. The number of hydrogen-bond donors (Lipinski definition) is 0. The maximum Gasteiger partial charge on any atom is 0.0521 e. The third-order valence-corrected chi connectivity index (χ3v) is 3.84. The average Bonchev–Trinajstić information content (AvgIpc) is 2.05. The van der Waals surface area contributed by atoms with Crippen LogP contribution >= 0.6 is 0 Å². The lowest BCUT2D eigenvalue weighted by Gasteiger charge is -2.34. The molecule has 1 aliphatic heterocycles. The van der Waals surface area contributed by atoms with Crippen molar-refractivity contribution in [1.82, 2.24) is 0 Å². The van der Waals surface area contributed by atoms with E-state index in [2.05, 4.69) is 19.9 Å². The molecular formula is C10H20OSi. The van der Waals surface area contributed by atoms with Gasteiger partial charge in [0.1, 0.15) is 0 Å². The van der Waals surface area contributed by atoms with Gasteiger partial charge in [0.15, 0.2) is 0 Å². The van der Waals surface area contributed by atoms with Crippen LogP contribution in [-0.2, 0) is 4.74 Å². The summed E-state index contributed by atoms with van der Waals surface area (Å²) in [6, 6.07) is 0. The molecule has 0 bridgehead atoms. The van der Waals surface area contributed by atoms with Crippen LogP contribution in [0.15, 0.2) is 11.6 Å². The Hall–Kier alpha value is -0.0831. The van der Waals surface area contributed by atoms with Crippen LogP contribution in [0.1, 0.15) is 39.5 Å². The van der Waals surface area contributed by atoms with E-state index in [0.29, 0.717) is 0 Å². The summed E-state index contributed by atoms with van der Waals surface area (Å²) in [4.78, 5) is 0. The van der Waals surface area contributed by atoms with Crippen LogP contribution in [0, 0.1) is 0 Å². The molecule has 0 saturated carbocycles. The van der Waals surface area contributed by atoms with Gasteiger partial charge in [-0.1, -0.05) is 11.6 Å². The normalized spacial score (nSPS) is 32.3. The molecule has 1 heterocycles. The van der Waals surface area contributed by atoms with Gasteiger partial charge in [0.05, 0.1) is 5.22 Å². The molecule has 70 valence electrons. The minimum absolute atomic E-state index is 0.273. The van der Waals surface area contributed by atoms with Gasteiger partial charge in [-0.05, 0) is 39.5 Å². The van der Waals surface area contributed by atoms with Crippen molar-refractivity contribution in [2.75, 3.05) is 6.61 Å². The van der Waals surface area contributed by atoms with Crippen molar-refractivity contribution >= 4 is 10.2 Å². The predicted molar refractivity (Wildman–Crippen MR) is 56.5 cm³/mol. The van der Waals surface area contributed by atoms with Crippen molar-refractivity contribution in [3.63, 3.8) is 0 Å². The monoisotopic (exact) mass is 184 g/mol. The Labute approximate surface area is 78.6 Å². The first-order valence-corrected chi connectivity index (χ1v) is 5.92. The molecule has 0 spiro atoms. The molecular weight excluding hydrogens is 164 g/mol. The largest absolute Gasteiger partial charge is 0.379 e. The third-order valence-electron chi connectivity index (χ3n) is 2.70. The van der Waals surface area contributed by atoms with Crippen molar-refractivity contribution in [1.29, 1.82) is 0 Å². The van der Waals surface area contributed by atoms with Crippen LogP contribution < -0.4 is 0 Å². The minimum atomic E-state index is 0.273. The lowest BCUT2D eigenvalue weighted by atomic mass is 10.0. The standard InChI is InChI=1S/C10H20OSi/c1-3-9(2)8-10(12)6-4-5-7-11-10/h3H,4-8H2,1-2,12H3. The zero-order chi connectivity index (χ0) is 9.03. The van der Waals surface area contributed by atoms with Gasteiger partial charge in [0.25, 0.3) is 0 Å². The lowest BCUT2D eigenvalue weighted by molar-refractivity contribution is -0.0168. The Morgan fingerprint density at radius 3 is 2.83 bits per heavy atom. The molecule has 1 atom stereocenters. The summed E-state index contributed by atoms with van der Waals surface area (Å²) < 4.78 is 5.86. The van der Waals surface area contributed by atoms with Gasteiger partial charge < -0.3 is 4.74 Å². The fraction of sp³-hybridized carbons (Fsp3) is 0.800. The zero-order valence-corrected chi connectivity index (χ0v) is 10.5. The van der Waals surface area contributed by atoms with Crippen molar-refractivity contribution in [3.05, 3.63) is 11.6 Å². The zero-order valence-electron chi connectivity index (χ0n) is 8.52. The molecule has 12 heavy (non-hydrogen) atoms. The van der Waals surface area contributed by atoms with Crippen molar-refractivity contribution in [2.45, 2.75) is 44.8 Å². The molecule has 1 rings (SSSR count). The summed E-state index contributed by atoms with van der Waals surface area (Å²) in [6.45, 7) is 5.31. The molecule has 1 unspecified atom stereocenters. The fourth-order valence-electron chi connectivity index (χ4n) is 1.82. The van der Waals surface area contributed by atoms with Crippen molar-refractivity contribution in [3.8, 4) is 0 Å². The molecule has 2 heteroatoms. The third kappa shape index (κ3) is 2.76. The second-order valence-corrected chi connectivity index (χ2v) is 5.89. The second kappa shape index (κ2) is 4.24. The molecule has 0 aromatic rings. The first-order chi connectivity index (χ1) is 5.66. The summed E-state index contributed by atoms with van der Waals surface area (Å²) in [5.41, 5.74) is 1.48. The smallest absolute Gasteiger partial charge is 0.0521 e. The van der Waals surface area contributed by atoms with E-state index in [4.69, 9.17) is 4.74 Å². The van der Waals surface area contributed by atoms with Gasteiger partial charge in [0.2, 0.25) is 0 Å². The van der Waals surface area contributed by atoms with Crippen LogP contribution in [0.25, 0.3) is 0 Å². The first-order valence-electron chi connectivity index (χ1n) is 4.92. The van der Waals surface area contributed by atoms with Crippen molar-refractivity contribution < 1.29 is 4.74 Å². The number of rotatable bonds is 2.